The first-order valence-corrected chi connectivity index (χ1v) is 6.10. The van der Waals surface area contributed by atoms with Crippen LogP contribution in [0.15, 0.2) is 24.3 Å². The normalized spacial score (nSPS) is 12.0. The van der Waals surface area contributed by atoms with Gasteiger partial charge in [0.05, 0.1) is 18.6 Å². The third-order valence-corrected chi connectivity index (χ3v) is 2.93. The lowest BCUT2D eigenvalue weighted by Gasteiger charge is -2.17. The number of rotatable bonds is 6. The molecule has 1 atom stereocenters. The number of benzene rings is 1. The summed E-state index contributed by atoms with van der Waals surface area (Å²) in [6.45, 7) is 4.05. The van der Waals surface area contributed by atoms with Gasteiger partial charge in [-0.2, -0.15) is 0 Å². The van der Waals surface area contributed by atoms with Crippen molar-refractivity contribution >= 4 is 17.6 Å². The van der Waals surface area contributed by atoms with Gasteiger partial charge in [-0.3, -0.25) is 4.79 Å². The van der Waals surface area contributed by atoms with Gasteiger partial charge in [0.15, 0.2) is 0 Å². The fourth-order valence-corrected chi connectivity index (χ4v) is 1.71. The number of carboxylic acid groups (broad SMARTS) is 1. The zero-order chi connectivity index (χ0) is 14.4. The first-order valence-electron chi connectivity index (χ1n) is 6.10. The molecule has 104 valence electrons. The van der Waals surface area contributed by atoms with Crippen molar-refractivity contribution in [2.24, 2.45) is 11.8 Å². The number of hydrogen-bond acceptors (Lipinski definition) is 4. The third kappa shape index (κ3) is 4.28. The predicted molar refractivity (Wildman–Crippen MR) is 72.2 cm³/mol. The smallest absolute Gasteiger partial charge is 0.337 e. The predicted octanol–water partition coefficient (Wildman–Crippen LogP) is 2.24. The number of carboxylic acids is 1. The second-order valence-corrected chi connectivity index (χ2v) is 4.64. The summed E-state index contributed by atoms with van der Waals surface area (Å²) in [7, 11) is 1.32. The fourth-order valence-electron chi connectivity index (χ4n) is 1.71. The third-order valence-electron chi connectivity index (χ3n) is 2.93. The summed E-state index contributed by atoms with van der Waals surface area (Å²) < 4.78 is 4.63. The molecule has 1 aromatic rings. The highest BCUT2D eigenvalue weighted by Gasteiger charge is 2.21. The van der Waals surface area contributed by atoms with E-state index in [2.05, 4.69) is 10.1 Å². The molecule has 0 fully saturated rings. The van der Waals surface area contributed by atoms with Gasteiger partial charge in [0.2, 0.25) is 0 Å². The summed E-state index contributed by atoms with van der Waals surface area (Å²) in [5, 5.41) is 12.1. The van der Waals surface area contributed by atoms with E-state index in [0.717, 1.165) is 0 Å². The van der Waals surface area contributed by atoms with Gasteiger partial charge in [-0.15, -0.1) is 0 Å². The molecule has 0 saturated heterocycles. The molecule has 5 heteroatoms. The summed E-state index contributed by atoms with van der Waals surface area (Å²) in [6.07, 6.45) is 0. The number of anilines is 1. The lowest BCUT2D eigenvalue weighted by molar-refractivity contribution is -0.142. The minimum Gasteiger partial charge on any atom is -0.481 e. The Bertz CT molecular complexity index is 457. The molecular formula is C14H19NO4. The van der Waals surface area contributed by atoms with Crippen molar-refractivity contribution in [3.05, 3.63) is 29.8 Å². The standard InChI is InChI=1S/C14H19NO4/c1-9(2)12(13(16)17)8-15-11-6-4-5-10(7-11)14(18)19-3/h4-7,9,12,15H,8H2,1-3H3,(H,16,17). The fraction of sp³-hybridized carbons (Fsp3) is 0.429. The molecule has 0 aliphatic rings. The first-order chi connectivity index (χ1) is 8.95. The van der Waals surface area contributed by atoms with E-state index in [1.54, 1.807) is 24.3 Å². The average Bonchev–Trinajstić information content (AvgIpc) is 2.37. The van der Waals surface area contributed by atoms with Crippen molar-refractivity contribution in [1.82, 2.24) is 0 Å². The highest BCUT2D eigenvalue weighted by Crippen LogP contribution is 2.15. The van der Waals surface area contributed by atoms with Crippen LogP contribution in [-0.2, 0) is 9.53 Å². The van der Waals surface area contributed by atoms with Crippen LogP contribution in [0, 0.1) is 11.8 Å². The van der Waals surface area contributed by atoms with Gasteiger partial charge in [-0.05, 0) is 24.1 Å². The number of ether oxygens (including phenoxy) is 1. The molecule has 0 aliphatic carbocycles. The van der Waals surface area contributed by atoms with Gasteiger partial charge in [0.1, 0.15) is 0 Å². The molecule has 0 bridgehead atoms. The zero-order valence-corrected chi connectivity index (χ0v) is 11.3. The lowest BCUT2D eigenvalue weighted by atomic mass is 9.96. The molecule has 1 rings (SSSR count). The molecule has 0 amide bonds. The van der Waals surface area contributed by atoms with E-state index < -0.39 is 17.9 Å². The van der Waals surface area contributed by atoms with Crippen LogP contribution in [0.1, 0.15) is 24.2 Å². The van der Waals surface area contributed by atoms with Crippen molar-refractivity contribution in [3.63, 3.8) is 0 Å². The monoisotopic (exact) mass is 265 g/mol. The summed E-state index contributed by atoms with van der Waals surface area (Å²) in [6, 6.07) is 6.80. The van der Waals surface area contributed by atoms with Crippen LogP contribution in [0.2, 0.25) is 0 Å². The number of aliphatic carboxylic acids is 1. The van der Waals surface area contributed by atoms with E-state index in [1.165, 1.54) is 7.11 Å². The molecule has 0 heterocycles. The molecule has 2 N–H and O–H groups in total. The number of esters is 1. The second-order valence-electron chi connectivity index (χ2n) is 4.64. The van der Waals surface area contributed by atoms with Crippen molar-refractivity contribution in [1.29, 1.82) is 0 Å². The molecule has 1 aromatic carbocycles. The number of methoxy groups -OCH3 is 1. The van der Waals surface area contributed by atoms with Crippen LogP contribution >= 0.6 is 0 Å². The SMILES string of the molecule is COC(=O)c1cccc(NCC(C(=O)O)C(C)C)c1. The topological polar surface area (TPSA) is 75.6 Å². The minimum absolute atomic E-state index is 0.0359. The Morgan fingerprint density at radius 3 is 2.58 bits per heavy atom. The Kier molecular flexibility index (Phi) is 5.36. The minimum atomic E-state index is -0.827. The average molecular weight is 265 g/mol. The molecule has 0 radical (unpaired) electrons. The van der Waals surface area contributed by atoms with E-state index >= 15 is 0 Å². The van der Waals surface area contributed by atoms with Gasteiger partial charge in [-0.25, -0.2) is 4.79 Å². The second kappa shape index (κ2) is 6.78. The maximum absolute atomic E-state index is 11.4. The van der Waals surface area contributed by atoms with Gasteiger partial charge in [0, 0.05) is 12.2 Å². The molecule has 0 aliphatic heterocycles. The van der Waals surface area contributed by atoms with E-state index in [-0.39, 0.29) is 5.92 Å². The van der Waals surface area contributed by atoms with Crippen molar-refractivity contribution in [3.8, 4) is 0 Å². The van der Waals surface area contributed by atoms with Crippen molar-refractivity contribution < 1.29 is 19.4 Å². The summed E-state index contributed by atoms with van der Waals surface area (Å²) in [5.74, 6) is -1.68. The van der Waals surface area contributed by atoms with E-state index in [4.69, 9.17) is 5.11 Å². The molecule has 0 spiro atoms. The number of carbonyl (C=O) groups is 2. The van der Waals surface area contributed by atoms with E-state index in [9.17, 15) is 9.59 Å². The largest absolute Gasteiger partial charge is 0.481 e. The van der Waals surface area contributed by atoms with Crippen LogP contribution in [0.4, 0.5) is 5.69 Å². The lowest BCUT2D eigenvalue weighted by Crippen LogP contribution is -2.27. The Morgan fingerprint density at radius 1 is 1.37 bits per heavy atom. The molecular weight excluding hydrogens is 246 g/mol. The Morgan fingerprint density at radius 2 is 2.05 bits per heavy atom. The molecule has 1 unspecified atom stereocenters. The van der Waals surface area contributed by atoms with Crippen LogP contribution < -0.4 is 5.32 Å². The number of hydrogen-bond donors (Lipinski definition) is 2. The van der Waals surface area contributed by atoms with Crippen molar-refractivity contribution in [2.75, 3.05) is 19.0 Å². The Labute approximate surface area is 112 Å². The first kappa shape index (κ1) is 15.0. The quantitative estimate of drug-likeness (QED) is 0.771. The summed E-state index contributed by atoms with van der Waals surface area (Å²) in [4.78, 5) is 22.4. The maximum Gasteiger partial charge on any atom is 0.337 e. The summed E-state index contributed by atoms with van der Waals surface area (Å²) >= 11 is 0. The van der Waals surface area contributed by atoms with E-state index in [1.807, 2.05) is 13.8 Å². The highest BCUT2D eigenvalue weighted by atomic mass is 16.5. The zero-order valence-electron chi connectivity index (χ0n) is 11.3. The van der Waals surface area contributed by atoms with Crippen molar-refractivity contribution in [2.45, 2.75) is 13.8 Å². The van der Waals surface area contributed by atoms with Gasteiger partial charge < -0.3 is 15.2 Å². The Hall–Kier alpha value is -2.04. The maximum atomic E-state index is 11.4. The molecule has 19 heavy (non-hydrogen) atoms. The Balaban J connectivity index is 2.72. The summed E-state index contributed by atoms with van der Waals surface area (Å²) in [5.41, 5.74) is 1.14. The van der Waals surface area contributed by atoms with Gasteiger partial charge >= 0.3 is 11.9 Å². The molecule has 5 nitrogen and oxygen atoms in total. The van der Waals surface area contributed by atoms with Crippen LogP contribution in [0.3, 0.4) is 0 Å². The number of nitrogens with one attached hydrogen (secondary N) is 1. The van der Waals surface area contributed by atoms with Crippen LogP contribution in [0.25, 0.3) is 0 Å². The van der Waals surface area contributed by atoms with Gasteiger partial charge in [0.25, 0.3) is 0 Å². The molecule has 0 aromatic heterocycles. The molecule has 0 saturated carbocycles. The van der Waals surface area contributed by atoms with E-state index in [0.29, 0.717) is 17.8 Å². The number of carbonyl (C=O) groups excluding carboxylic acids is 1. The van der Waals surface area contributed by atoms with Crippen LogP contribution in [0.5, 0.6) is 0 Å². The highest BCUT2D eigenvalue weighted by molar-refractivity contribution is 5.90. The van der Waals surface area contributed by atoms with Gasteiger partial charge in [-0.1, -0.05) is 19.9 Å². The van der Waals surface area contributed by atoms with Crippen LogP contribution in [-0.4, -0.2) is 30.7 Å².